The van der Waals surface area contributed by atoms with Gasteiger partial charge in [0, 0.05) is 28.1 Å². The van der Waals surface area contributed by atoms with Crippen molar-refractivity contribution in [1.29, 1.82) is 0 Å². The van der Waals surface area contributed by atoms with E-state index < -0.39 is 11.5 Å². The molecule has 0 aliphatic heterocycles. The van der Waals surface area contributed by atoms with Crippen LogP contribution in [0.15, 0.2) is 22.7 Å². The summed E-state index contributed by atoms with van der Waals surface area (Å²) in [5.74, 6) is -0.341. The standard InChI is InChI=1S/C11H15BrFNO/c1-11(2,6-15)10(14)8-5-7(12)3-4-9(8)13/h3-5,10,15H,6,14H2,1-2H3/t10-/m1/s1. The summed E-state index contributed by atoms with van der Waals surface area (Å²) in [6.07, 6.45) is 0. The number of halogens is 2. The van der Waals surface area contributed by atoms with Crippen molar-refractivity contribution in [1.82, 2.24) is 0 Å². The van der Waals surface area contributed by atoms with Gasteiger partial charge in [0.1, 0.15) is 5.82 Å². The number of benzene rings is 1. The molecule has 0 amide bonds. The lowest BCUT2D eigenvalue weighted by Gasteiger charge is -2.30. The van der Waals surface area contributed by atoms with E-state index in [2.05, 4.69) is 15.9 Å². The molecule has 0 aliphatic rings. The van der Waals surface area contributed by atoms with E-state index in [1.807, 2.05) is 0 Å². The number of aliphatic hydroxyl groups excluding tert-OH is 1. The highest BCUT2D eigenvalue weighted by molar-refractivity contribution is 9.10. The van der Waals surface area contributed by atoms with E-state index in [1.165, 1.54) is 6.07 Å². The molecule has 0 spiro atoms. The van der Waals surface area contributed by atoms with E-state index >= 15 is 0 Å². The van der Waals surface area contributed by atoms with Crippen LogP contribution in [-0.4, -0.2) is 11.7 Å². The van der Waals surface area contributed by atoms with Crippen molar-refractivity contribution >= 4 is 15.9 Å². The maximum absolute atomic E-state index is 13.5. The van der Waals surface area contributed by atoms with E-state index in [9.17, 15) is 9.50 Å². The van der Waals surface area contributed by atoms with Crippen LogP contribution in [0.5, 0.6) is 0 Å². The van der Waals surface area contributed by atoms with Crippen LogP contribution < -0.4 is 5.73 Å². The minimum Gasteiger partial charge on any atom is -0.396 e. The van der Waals surface area contributed by atoms with Crippen molar-refractivity contribution in [2.45, 2.75) is 19.9 Å². The Hall–Kier alpha value is -0.450. The first-order valence-electron chi connectivity index (χ1n) is 4.70. The highest BCUT2D eigenvalue weighted by Crippen LogP contribution is 2.33. The monoisotopic (exact) mass is 275 g/mol. The van der Waals surface area contributed by atoms with Gasteiger partial charge in [-0.2, -0.15) is 0 Å². The molecular formula is C11H15BrFNO. The molecule has 0 heterocycles. The normalized spacial score (nSPS) is 14.0. The van der Waals surface area contributed by atoms with Crippen LogP contribution >= 0.6 is 15.9 Å². The zero-order chi connectivity index (χ0) is 11.6. The van der Waals surface area contributed by atoms with Crippen LogP contribution in [0.1, 0.15) is 25.5 Å². The predicted molar refractivity (Wildman–Crippen MR) is 61.9 cm³/mol. The first-order valence-corrected chi connectivity index (χ1v) is 5.49. The molecule has 1 atom stereocenters. The molecule has 84 valence electrons. The second-order valence-electron chi connectivity index (χ2n) is 4.29. The first-order chi connectivity index (χ1) is 6.88. The van der Waals surface area contributed by atoms with Gasteiger partial charge >= 0.3 is 0 Å². The Labute approximate surface area is 97.4 Å². The second kappa shape index (κ2) is 4.60. The maximum Gasteiger partial charge on any atom is 0.128 e. The van der Waals surface area contributed by atoms with Gasteiger partial charge in [0.25, 0.3) is 0 Å². The van der Waals surface area contributed by atoms with Gasteiger partial charge in [-0.25, -0.2) is 4.39 Å². The Bertz CT molecular complexity index is 354. The molecular weight excluding hydrogens is 261 g/mol. The molecule has 0 radical (unpaired) electrons. The van der Waals surface area contributed by atoms with Gasteiger partial charge in [-0.15, -0.1) is 0 Å². The summed E-state index contributed by atoms with van der Waals surface area (Å²) < 4.78 is 14.3. The molecule has 0 unspecified atom stereocenters. The zero-order valence-electron chi connectivity index (χ0n) is 8.80. The summed E-state index contributed by atoms with van der Waals surface area (Å²) in [5.41, 5.74) is 5.81. The molecule has 0 saturated heterocycles. The minimum absolute atomic E-state index is 0.0832. The van der Waals surface area contributed by atoms with Crippen molar-refractivity contribution in [3.8, 4) is 0 Å². The summed E-state index contributed by atoms with van der Waals surface area (Å²) in [4.78, 5) is 0. The summed E-state index contributed by atoms with van der Waals surface area (Å²) in [7, 11) is 0. The Kier molecular flexibility index (Phi) is 3.87. The average Bonchev–Trinajstić information content (AvgIpc) is 2.20. The van der Waals surface area contributed by atoms with Gasteiger partial charge in [0.05, 0.1) is 0 Å². The van der Waals surface area contributed by atoms with Crippen LogP contribution in [0.2, 0.25) is 0 Å². The molecule has 15 heavy (non-hydrogen) atoms. The van der Waals surface area contributed by atoms with Crippen LogP contribution in [0.4, 0.5) is 4.39 Å². The lowest BCUT2D eigenvalue weighted by Crippen LogP contribution is -2.33. The van der Waals surface area contributed by atoms with E-state index in [-0.39, 0.29) is 12.4 Å². The van der Waals surface area contributed by atoms with E-state index in [0.29, 0.717) is 5.56 Å². The molecule has 1 rings (SSSR count). The van der Waals surface area contributed by atoms with Gasteiger partial charge in [0.2, 0.25) is 0 Å². The number of hydrogen-bond acceptors (Lipinski definition) is 2. The number of rotatable bonds is 3. The molecule has 1 aromatic rings. The summed E-state index contributed by atoms with van der Waals surface area (Å²) in [6.45, 7) is 3.52. The van der Waals surface area contributed by atoms with E-state index in [1.54, 1.807) is 26.0 Å². The quantitative estimate of drug-likeness (QED) is 0.891. The third-order valence-electron chi connectivity index (χ3n) is 2.54. The highest BCUT2D eigenvalue weighted by atomic mass is 79.9. The highest BCUT2D eigenvalue weighted by Gasteiger charge is 2.28. The van der Waals surface area contributed by atoms with Crippen LogP contribution in [0.25, 0.3) is 0 Å². The minimum atomic E-state index is -0.540. The summed E-state index contributed by atoms with van der Waals surface area (Å²) in [6, 6.07) is 4.11. The van der Waals surface area contributed by atoms with Gasteiger partial charge in [-0.3, -0.25) is 0 Å². The fourth-order valence-corrected chi connectivity index (χ4v) is 1.65. The Morgan fingerprint density at radius 2 is 2.13 bits per heavy atom. The Morgan fingerprint density at radius 1 is 1.53 bits per heavy atom. The largest absolute Gasteiger partial charge is 0.396 e. The fraction of sp³-hybridized carbons (Fsp3) is 0.455. The number of hydrogen-bond donors (Lipinski definition) is 2. The SMILES string of the molecule is CC(C)(CO)[C@H](N)c1cc(Br)ccc1F. The Morgan fingerprint density at radius 3 is 2.67 bits per heavy atom. The third kappa shape index (κ3) is 2.77. The van der Waals surface area contributed by atoms with Gasteiger partial charge < -0.3 is 10.8 Å². The summed E-state index contributed by atoms with van der Waals surface area (Å²) in [5, 5.41) is 9.17. The van der Waals surface area contributed by atoms with Crippen LogP contribution in [0.3, 0.4) is 0 Å². The maximum atomic E-state index is 13.5. The average molecular weight is 276 g/mol. The Balaban J connectivity index is 3.10. The number of nitrogens with two attached hydrogens (primary N) is 1. The third-order valence-corrected chi connectivity index (χ3v) is 3.04. The summed E-state index contributed by atoms with van der Waals surface area (Å²) >= 11 is 3.27. The van der Waals surface area contributed by atoms with Gasteiger partial charge in [-0.05, 0) is 18.2 Å². The van der Waals surface area contributed by atoms with Gasteiger partial charge in [-0.1, -0.05) is 29.8 Å². The van der Waals surface area contributed by atoms with Crippen LogP contribution in [-0.2, 0) is 0 Å². The molecule has 2 nitrogen and oxygen atoms in total. The molecule has 1 aromatic carbocycles. The van der Waals surface area contributed by atoms with Crippen LogP contribution in [0, 0.1) is 11.2 Å². The van der Waals surface area contributed by atoms with Crippen molar-refractivity contribution in [3.05, 3.63) is 34.1 Å². The van der Waals surface area contributed by atoms with Crippen molar-refractivity contribution in [3.63, 3.8) is 0 Å². The topological polar surface area (TPSA) is 46.2 Å². The first kappa shape index (κ1) is 12.6. The van der Waals surface area contributed by atoms with Crippen molar-refractivity contribution in [2.24, 2.45) is 11.1 Å². The van der Waals surface area contributed by atoms with E-state index in [4.69, 9.17) is 5.73 Å². The van der Waals surface area contributed by atoms with Gasteiger partial charge in [0.15, 0.2) is 0 Å². The molecule has 0 saturated carbocycles. The molecule has 0 aromatic heterocycles. The fourth-order valence-electron chi connectivity index (χ4n) is 1.27. The van der Waals surface area contributed by atoms with Crippen molar-refractivity contribution in [2.75, 3.05) is 6.61 Å². The molecule has 4 heteroatoms. The molecule has 0 bridgehead atoms. The van der Waals surface area contributed by atoms with Crippen molar-refractivity contribution < 1.29 is 9.50 Å². The lowest BCUT2D eigenvalue weighted by molar-refractivity contribution is 0.131. The second-order valence-corrected chi connectivity index (χ2v) is 5.21. The molecule has 0 aliphatic carbocycles. The molecule has 3 N–H and O–H groups in total. The lowest BCUT2D eigenvalue weighted by atomic mass is 9.81. The zero-order valence-corrected chi connectivity index (χ0v) is 10.4. The predicted octanol–water partition coefficient (Wildman–Crippen LogP) is 2.61. The number of aliphatic hydroxyl groups is 1. The smallest absolute Gasteiger partial charge is 0.128 e. The van der Waals surface area contributed by atoms with E-state index in [0.717, 1.165) is 4.47 Å². The molecule has 0 fully saturated rings.